The predicted octanol–water partition coefficient (Wildman–Crippen LogP) is 1.30. The van der Waals surface area contributed by atoms with Crippen LogP contribution in [-0.4, -0.2) is 36.5 Å². The highest BCUT2D eigenvalue weighted by atomic mass is 15.2. The lowest BCUT2D eigenvalue weighted by Crippen LogP contribution is -2.39. The summed E-state index contributed by atoms with van der Waals surface area (Å²) < 4.78 is 0. The zero-order chi connectivity index (χ0) is 11.8. The van der Waals surface area contributed by atoms with Crippen LogP contribution in [-0.2, 0) is 0 Å². The summed E-state index contributed by atoms with van der Waals surface area (Å²) in [6, 6.07) is 0.767. The average Bonchev–Trinajstić information content (AvgIpc) is 2.29. The molecule has 0 aromatic carbocycles. The van der Waals surface area contributed by atoms with Gasteiger partial charge in [0.05, 0.1) is 6.54 Å². The summed E-state index contributed by atoms with van der Waals surface area (Å²) in [5.74, 6) is 0.208. The van der Waals surface area contributed by atoms with E-state index in [9.17, 15) is 0 Å². The third-order valence-electron chi connectivity index (χ3n) is 3.28. The Balaban J connectivity index is 2.36. The van der Waals surface area contributed by atoms with Gasteiger partial charge < -0.3 is 11.5 Å². The molecule has 1 aliphatic carbocycles. The molecule has 16 heavy (non-hydrogen) atoms. The van der Waals surface area contributed by atoms with Gasteiger partial charge in [-0.3, -0.25) is 9.89 Å². The fourth-order valence-electron chi connectivity index (χ4n) is 2.52. The molecule has 1 saturated carbocycles. The Hall–Kier alpha value is -0.770. The fraction of sp³-hybridized carbons (Fsp3) is 0.917. The molecule has 0 bridgehead atoms. The van der Waals surface area contributed by atoms with E-state index in [0.717, 1.165) is 19.1 Å². The second kappa shape index (κ2) is 7.49. The smallest absolute Gasteiger partial charge is 0.185 e. The van der Waals surface area contributed by atoms with E-state index in [1.54, 1.807) is 0 Å². The summed E-state index contributed by atoms with van der Waals surface area (Å²) >= 11 is 0. The molecule has 0 unspecified atom stereocenters. The summed E-state index contributed by atoms with van der Waals surface area (Å²) in [4.78, 5) is 6.63. The van der Waals surface area contributed by atoms with Gasteiger partial charge in [-0.1, -0.05) is 26.2 Å². The van der Waals surface area contributed by atoms with E-state index in [2.05, 4.69) is 16.8 Å². The van der Waals surface area contributed by atoms with Crippen LogP contribution in [0.15, 0.2) is 4.99 Å². The Bertz CT molecular complexity index is 205. The van der Waals surface area contributed by atoms with Gasteiger partial charge >= 0.3 is 0 Å². The Morgan fingerprint density at radius 1 is 1.19 bits per heavy atom. The van der Waals surface area contributed by atoms with E-state index in [1.165, 1.54) is 45.1 Å². The molecule has 0 radical (unpaired) electrons. The number of hydrogen-bond acceptors (Lipinski definition) is 2. The van der Waals surface area contributed by atoms with Gasteiger partial charge in [0.2, 0.25) is 0 Å². The highest BCUT2D eigenvalue weighted by Crippen LogP contribution is 2.22. The minimum absolute atomic E-state index is 0.208. The number of guanidine groups is 1. The molecule has 0 saturated heterocycles. The van der Waals surface area contributed by atoms with Gasteiger partial charge in [-0.15, -0.1) is 0 Å². The topological polar surface area (TPSA) is 67.6 Å². The molecule has 0 atom stereocenters. The van der Waals surface area contributed by atoms with Crippen LogP contribution in [0.5, 0.6) is 0 Å². The molecule has 0 amide bonds. The van der Waals surface area contributed by atoms with Gasteiger partial charge in [0.1, 0.15) is 0 Å². The van der Waals surface area contributed by atoms with Crippen molar-refractivity contribution < 1.29 is 0 Å². The molecule has 4 N–H and O–H groups in total. The van der Waals surface area contributed by atoms with Crippen LogP contribution < -0.4 is 11.5 Å². The molecule has 1 fully saturated rings. The Morgan fingerprint density at radius 3 is 2.44 bits per heavy atom. The largest absolute Gasteiger partial charge is 0.370 e. The van der Waals surface area contributed by atoms with Gasteiger partial charge in [0.25, 0.3) is 0 Å². The molecule has 0 spiro atoms. The van der Waals surface area contributed by atoms with E-state index in [4.69, 9.17) is 11.5 Å². The summed E-state index contributed by atoms with van der Waals surface area (Å²) in [5, 5.41) is 0. The second-order valence-corrected chi connectivity index (χ2v) is 4.63. The third-order valence-corrected chi connectivity index (χ3v) is 3.28. The van der Waals surface area contributed by atoms with Crippen LogP contribution in [0.4, 0.5) is 0 Å². The third kappa shape index (κ3) is 4.84. The molecular formula is C12H26N4. The zero-order valence-electron chi connectivity index (χ0n) is 10.5. The van der Waals surface area contributed by atoms with Crippen molar-refractivity contribution in [2.75, 3.05) is 19.6 Å². The number of rotatable bonds is 6. The van der Waals surface area contributed by atoms with Gasteiger partial charge in [-0.05, 0) is 25.8 Å². The van der Waals surface area contributed by atoms with Gasteiger partial charge in [0, 0.05) is 12.6 Å². The number of nitrogens with two attached hydrogens (primary N) is 2. The summed E-state index contributed by atoms with van der Waals surface area (Å²) in [6.45, 7) is 5.14. The minimum atomic E-state index is 0.208. The highest BCUT2D eigenvalue weighted by molar-refractivity contribution is 5.75. The molecule has 0 aromatic rings. The maximum Gasteiger partial charge on any atom is 0.185 e. The molecule has 1 aliphatic rings. The molecule has 0 aliphatic heterocycles. The quantitative estimate of drug-likeness (QED) is 0.530. The SMILES string of the molecule is CCCN(CCN=C(N)N)C1CCCCC1. The van der Waals surface area contributed by atoms with E-state index in [1.807, 2.05) is 0 Å². The van der Waals surface area contributed by atoms with Crippen molar-refractivity contribution >= 4 is 5.96 Å². The van der Waals surface area contributed by atoms with Crippen molar-refractivity contribution in [2.24, 2.45) is 16.5 Å². The number of hydrogen-bond donors (Lipinski definition) is 2. The van der Waals surface area contributed by atoms with Crippen LogP contribution >= 0.6 is 0 Å². The minimum Gasteiger partial charge on any atom is -0.370 e. The first kappa shape index (κ1) is 13.3. The van der Waals surface area contributed by atoms with E-state index in [0.29, 0.717) is 0 Å². The van der Waals surface area contributed by atoms with E-state index >= 15 is 0 Å². The summed E-state index contributed by atoms with van der Waals surface area (Å²) in [6.07, 6.45) is 8.08. The molecule has 0 aromatic heterocycles. The normalized spacial score (nSPS) is 17.6. The molecule has 94 valence electrons. The summed E-state index contributed by atoms with van der Waals surface area (Å²) in [5.41, 5.74) is 10.7. The molecule has 0 heterocycles. The molecular weight excluding hydrogens is 200 g/mol. The van der Waals surface area contributed by atoms with Crippen molar-refractivity contribution in [3.63, 3.8) is 0 Å². The van der Waals surface area contributed by atoms with Crippen molar-refractivity contribution in [3.8, 4) is 0 Å². The van der Waals surface area contributed by atoms with Gasteiger partial charge in [-0.25, -0.2) is 0 Å². The zero-order valence-corrected chi connectivity index (χ0v) is 10.5. The lowest BCUT2D eigenvalue weighted by Gasteiger charge is -2.33. The number of aliphatic imine (C=N–C) groups is 1. The maximum atomic E-state index is 5.34. The lowest BCUT2D eigenvalue weighted by molar-refractivity contribution is 0.160. The van der Waals surface area contributed by atoms with Crippen molar-refractivity contribution in [1.29, 1.82) is 0 Å². The second-order valence-electron chi connectivity index (χ2n) is 4.63. The van der Waals surface area contributed by atoms with Crippen LogP contribution in [0.3, 0.4) is 0 Å². The molecule has 4 nitrogen and oxygen atoms in total. The van der Waals surface area contributed by atoms with Gasteiger partial charge in [0.15, 0.2) is 5.96 Å². The van der Waals surface area contributed by atoms with E-state index in [-0.39, 0.29) is 5.96 Å². The van der Waals surface area contributed by atoms with Gasteiger partial charge in [-0.2, -0.15) is 0 Å². The Labute approximate surface area is 99.1 Å². The number of nitrogens with zero attached hydrogens (tertiary/aromatic N) is 2. The Morgan fingerprint density at radius 2 is 1.88 bits per heavy atom. The van der Waals surface area contributed by atoms with Crippen LogP contribution in [0.1, 0.15) is 45.4 Å². The van der Waals surface area contributed by atoms with Crippen LogP contribution in [0.25, 0.3) is 0 Å². The van der Waals surface area contributed by atoms with Crippen LogP contribution in [0.2, 0.25) is 0 Å². The highest BCUT2D eigenvalue weighted by Gasteiger charge is 2.19. The van der Waals surface area contributed by atoms with Crippen molar-refractivity contribution in [3.05, 3.63) is 0 Å². The first-order valence-electron chi connectivity index (χ1n) is 6.53. The van der Waals surface area contributed by atoms with Crippen molar-refractivity contribution in [1.82, 2.24) is 4.90 Å². The van der Waals surface area contributed by atoms with Crippen LogP contribution in [0, 0.1) is 0 Å². The first-order chi connectivity index (χ1) is 7.74. The van der Waals surface area contributed by atoms with Crippen molar-refractivity contribution in [2.45, 2.75) is 51.5 Å². The predicted molar refractivity (Wildman–Crippen MR) is 69.4 cm³/mol. The maximum absolute atomic E-state index is 5.34. The monoisotopic (exact) mass is 226 g/mol. The lowest BCUT2D eigenvalue weighted by atomic mass is 9.94. The molecule has 4 heteroatoms. The molecule has 1 rings (SSSR count). The first-order valence-corrected chi connectivity index (χ1v) is 6.53. The van der Waals surface area contributed by atoms with E-state index < -0.39 is 0 Å². The Kier molecular flexibility index (Phi) is 6.23. The fourth-order valence-corrected chi connectivity index (χ4v) is 2.52. The summed E-state index contributed by atoms with van der Waals surface area (Å²) in [7, 11) is 0. The average molecular weight is 226 g/mol. The standard InChI is InChI=1S/C12H26N4/c1-2-9-16(10-8-15-12(13)14)11-6-4-3-5-7-11/h11H,2-10H2,1H3,(H4,13,14,15).